The van der Waals surface area contributed by atoms with E-state index in [9.17, 15) is 4.79 Å². The Morgan fingerprint density at radius 2 is 1.72 bits per heavy atom. The van der Waals surface area contributed by atoms with Gasteiger partial charge in [0.15, 0.2) is 6.73 Å². The van der Waals surface area contributed by atoms with Gasteiger partial charge in [0.2, 0.25) is 0 Å². The SMILES string of the molecule is CCCc1ccc(OCNC(=O)Nc2cc(OC)ccc2OC)cc1. The highest BCUT2D eigenvalue weighted by Gasteiger charge is 2.08. The smallest absolute Gasteiger partial charge is 0.321 e. The third-order valence-corrected chi connectivity index (χ3v) is 3.59. The normalized spacial score (nSPS) is 10.0. The molecular formula is C19H24N2O4. The molecule has 6 nitrogen and oxygen atoms in total. The summed E-state index contributed by atoms with van der Waals surface area (Å²) in [5.41, 5.74) is 1.79. The molecule has 0 fully saturated rings. The molecule has 0 aromatic heterocycles. The lowest BCUT2D eigenvalue weighted by molar-refractivity contribution is 0.234. The maximum atomic E-state index is 12.0. The van der Waals surface area contributed by atoms with Crippen LogP contribution in [0.1, 0.15) is 18.9 Å². The summed E-state index contributed by atoms with van der Waals surface area (Å²) in [6.45, 7) is 2.20. The molecule has 6 heteroatoms. The minimum atomic E-state index is -0.394. The molecule has 2 amide bonds. The second-order valence-electron chi connectivity index (χ2n) is 5.38. The number of rotatable bonds is 8. The number of nitrogens with one attached hydrogen (secondary N) is 2. The van der Waals surface area contributed by atoms with Crippen molar-refractivity contribution in [3.63, 3.8) is 0 Å². The first kappa shape index (κ1) is 18.4. The van der Waals surface area contributed by atoms with Crippen molar-refractivity contribution < 1.29 is 19.0 Å². The van der Waals surface area contributed by atoms with Crippen LogP contribution >= 0.6 is 0 Å². The Bertz CT molecular complexity index is 686. The van der Waals surface area contributed by atoms with E-state index in [2.05, 4.69) is 17.6 Å². The molecule has 0 aliphatic heterocycles. The van der Waals surface area contributed by atoms with Crippen LogP contribution in [-0.2, 0) is 6.42 Å². The van der Waals surface area contributed by atoms with E-state index in [1.54, 1.807) is 25.3 Å². The molecule has 0 atom stereocenters. The highest BCUT2D eigenvalue weighted by Crippen LogP contribution is 2.28. The number of anilines is 1. The Morgan fingerprint density at radius 3 is 2.36 bits per heavy atom. The lowest BCUT2D eigenvalue weighted by atomic mass is 10.1. The highest BCUT2D eigenvalue weighted by molar-refractivity contribution is 5.91. The molecule has 0 aliphatic carbocycles. The van der Waals surface area contributed by atoms with Crippen LogP contribution < -0.4 is 24.8 Å². The fraction of sp³-hybridized carbons (Fsp3) is 0.316. The molecule has 0 heterocycles. The predicted octanol–water partition coefficient (Wildman–Crippen LogP) is 3.81. The van der Waals surface area contributed by atoms with Crippen molar-refractivity contribution >= 4 is 11.7 Å². The molecule has 0 unspecified atom stereocenters. The number of benzene rings is 2. The standard InChI is InChI=1S/C19H24N2O4/c1-4-5-14-6-8-15(9-7-14)25-13-20-19(22)21-17-12-16(23-2)10-11-18(17)24-3/h6-12H,4-5,13H2,1-3H3,(H2,20,21,22). The summed E-state index contributed by atoms with van der Waals surface area (Å²) >= 11 is 0. The van der Waals surface area contributed by atoms with Crippen molar-refractivity contribution in [1.29, 1.82) is 0 Å². The fourth-order valence-corrected chi connectivity index (χ4v) is 2.30. The summed E-state index contributed by atoms with van der Waals surface area (Å²) in [4.78, 5) is 12.0. The number of ether oxygens (including phenoxy) is 3. The van der Waals surface area contributed by atoms with Gasteiger partial charge < -0.3 is 24.8 Å². The zero-order chi connectivity index (χ0) is 18.1. The van der Waals surface area contributed by atoms with Crippen molar-refractivity contribution in [3.8, 4) is 17.2 Å². The van der Waals surface area contributed by atoms with Crippen LogP contribution in [0.15, 0.2) is 42.5 Å². The van der Waals surface area contributed by atoms with Gasteiger partial charge in [-0.1, -0.05) is 25.5 Å². The van der Waals surface area contributed by atoms with Crippen LogP contribution in [0.2, 0.25) is 0 Å². The van der Waals surface area contributed by atoms with Crippen LogP contribution in [0.4, 0.5) is 10.5 Å². The maximum absolute atomic E-state index is 12.0. The Hall–Kier alpha value is -2.89. The number of aryl methyl sites for hydroxylation is 1. The second-order valence-corrected chi connectivity index (χ2v) is 5.38. The van der Waals surface area contributed by atoms with Gasteiger partial charge in [0.1, 0.15) is 17.2 Å². The van der Waals surface area contributed by atoms with Crippen molar-refractivity contribution in [2.75, 3.05) is 26.3 Å². The first-order valence-electron chi connectivity index (χ1n) is 8.15. The van der Waals surface area contributed by atoms with E-state index >= 15 is 0 Å². The summed E-state index contributed by atoms with van der Waals surface area (Å²) in [5, 5.41) is 5.35. The van der Waals surface area contributed by atoms with Crippen molar-refractivity contribution in [2.24, 2.45) is 0 Å². The zero-order valence-electron chi connectivity index (χ0n) is 14.8. The molecule has 0 aliphatic rings. The monoisotopic (exact) mass is 344 g/mol. The summed E-state index contributed by atoms with van der Waals surface area (Å²) in [7, 11) is 3.10. The molecule has 2 aromatic rings. The van der Waals surface area contributed by atoms with Gasteiger partial charge in [-0.3, -0.25) is 0 Å². The van der Waals surface area contributed by atoms with Crippen LogP contribution in [0, 0.1) is 0 Å². The summed E-state index contributed by atoms with van der Waals surface area (Å²) in [5.74, 6) is 1.88. The number of hydrogen-bond acceptors (Lipinski definition) is 4. The van der Waals surface area contributed by atoms with Crippen LogP contribution in [0.3, 0.4) is 0 Å². The van der Waals surface area contributed by atoms with E-state index < -0.39 is 6.03 Å². The van der Waals surface area contributed by atoms with E-state index in [4.69, 9.17) is 14.2 Å². The van der Waals surface area contributed by atoms with Gasteiger partial charge in [0, 0.05) is 6.07 Å². The first-order chi connectivity index (χ1) is 12.2. The molecule has 134 valence electrons. The van der Waals surface area contributed by atoms with Gasteiger partial charge in [-0.15, -0.1) is 0 Å². The van der Waals surface area contributed by atoms with E-state index in [1.807, 2.05) is 24.3 Å². The third-order valence-electron chi connectivity index (χ3n) is 3.59. The quantitative estimate of drug-likeness (QED) is 0.715. The average molecular weight is 344 g/mol. The molecule has 2 aromatic carbocycles. The van der Waals surface area contributed by atoms with E-state index in [0.717, 1.165) is 12.8 Å². The predicted molar refractivity (Wildman–Crippen MR) is 97.6 cm³/mol. The third kappa shape index (κ3) is 5.60. The Kier molecular flexibility index (Phi) is 6.95. The average Bonchev–Trinajstić information content (AvgIpc) is 2.63. The van der Waals surface area contributed by atoms with Gasteiger partial charge in [-0.05, 0) is 36.2 Å². The zero-order valence-corrected chi connectivity index (χ0v) is 14.8. The molecule has 0 saturated heterocycles. The molecule has 0 radical (unpaired) electrons. The van der Waals surface area contributed by atoms with Gasteiger partial charge in [-0.25, -0.2) is 4.79 Å². The Balaban J connectivity index is 1.84. The summed E-state index contributed by atoms with van der Waals surface area (Å²) in [6.07, 6.45) is 2.15. The molecule has 2 rings (SSSR count). The van der Waals surface area contributed by atoms with Gasteiger partial charge in [-0.2, -0.15) is 0 Å². The number of carbonyl (C=O) groups excluding carboxylic acids is 1. The number of hydrogen-bond donors (Lipinski definition) is 2. The fourth-order valence-electron chi connectivity index (χ4n) is 2.30. The number of carbonyl (C=O) groups is 1. The van der Waals surface area contributed by atoms with Gasteiger partial charge in [0.05, 0.1) is 19.9 Å². The van der Waals surface area contributed by atoms with E-state index in [1.165, 1.54) is 12.7 Å². The first-order valence-corrected chi connectivity index (χ1v) is 8.15. The molecule has 0 saturated carbocycles. The van der Waals surface area contributed by atoms with Crippen LogP contribution in [-0.4, -0.2) is 27.0 Å². The lowest BCUT2D eigenvalue weighted by Gasteiger charge is -2.13. The Labute approximate surface area is 148 Å². The molecule has 0 bridgehead atoms. The van der Waals surface area contributed by atoms with Gasteiger partial charge in [0.25, 0.3) is 0 Å². The molecule has 25 heavy (non-hydrogen) atoms. The van der Waals surface area contributed by atoms with Crippen molar-refractivity contribution in [1.82, 2.24) is 5.32 Å². The lowest BCUT2D eigenvalue weighted by Crippen LogP contribution is -2.32. The maximum Gasteiger partial charge on any atom is 0.321 e. The number of amides is 2. The summed E-state index contributed by atoms with van der Waals surface area (Å²) < 4.78 is 15.9. The minimum absolute atomic E-state index is 0.0608. The number of urea groups is 1. The van der Waals surface area contributed by atoms with Crippen LogP contribution in [0.5, 0.6) is 17.2 Å². The minimum Gasteiger partial charge on any atom is -0.497 e. The molecule has 2 N–H and O–H groups in total. The number of methoxy groups -OCH3 is 2. The topological polar surface area (TPSA) is 68.8 Å². The van der Waals surface area contributed by atoms with Crippen LogP contribution in [0.25, 0.3) is 0 Å². The van der Waals surface area contributed by atoms with Crippen molar-refractivity contribution in [3.05, 3.63) is 48.0 Å². The van der Waals surface area contributed by atoms with Crippen molar-refractivity contribution in [2.45, 2.75) is 19.8 Å². The highest BCUT2D eigenvalue weighted by atomic mass is 16.5. The van der Waals surface area contributed by atoms with Gasteiger partial charge >= 0.3 is 6.03 Å². The Morgan fingerprint density at radius 1 is 1.00 bits per heavy atom. The largest absolute Gasteiger partial charge is 0.497 e. The molecular weight excluding hydrogens is 320 g/mol. The summed E-state index contributed by atoms with van der Waals surface area (Å²) in [6, 6.07) is 12.6. The molecule has 0 spiro atoms. The van der Waals surface area contributed by atoms with E-state index in [-0.39, 0.29) is 6.73 Å². The van der Waals surface area contributed by atoms with E-state index in [0.29, 0.717) is 22.9 Å². The second kappa shape index (κ2) is 9.42.